The minimum Gasteiger partial charge on any atom is -0.380 e. The largest absolute Gasteiger partial charge is 0.380 e. The van der Waals surface area contributed by atoms with Gasteiger partial charge in [-0.25, -0.2) is 4.39 Å². The van der Waals surface area contributed by atoms with Crippen LogP contribution in [0.1, 0.15) is 44.1 Å². The molecule has 2 aliphatic heterocycles. The highest BCUT2D eigenvalue weighted by Crippen LogP contribution is 2.42. The molecule has 3 heterocycles. The lowest BCUT2D eigenvalue weighted by Gasteiger charge is -2.26. The van der Waals surface area contributed by atoms with Crippen molar-refractivity contribution in [1.82, 2.24) is 15.2 Å². The fourth-order valence-corrected chi connectivity index (χ4v) is 4.93. The predicted molar refractivity (Wildman–Crippen MR) is 101 cm³/mol. The summed E-state index contributed by atoms with van der Waals surface area (Å²) in [5, 5.41) is 2.86. The molecule has 0 radical (unpaired) electrons. The second-order valence-electron chi connectivity index (χ2n) is 8.48. The number of hydrogen-bond donors (Lipinski definition) is 1. The summed E-state index contributed by atoms with van der Waals surface area (Å²) in [4.78, 5) is 31.3. The Balaban J connectivity index is 1.36. The summed E-state index contributed by atoms with van der Waals surface area (Å²) in [6, 6.07) is 1.56. The molecule has 1 aromatic rings. The van der Waals surface area contributed by atoms with Crippen molar-refractivity contribution in [3.63, 3.8) is 0 Å². The van der Waals surface area contributed by atoms with Crippen LogP contribution in [-0.2, 0) is 20.9 Å². The van der Waals surface area contributed by atoms with Gasteiger partial charge in [0.1, 0.15) is 5.82 Å². The molecule has 2 saturated heterocycles. The van der Waals surface area contributed by atoms with Gasteiger partial charge in [0.2, 0.25) is 11.8 Å². The van der Waals surface area contributed by atoms with Gasteiger partial charge in [0, 0.05) is 43.7 Å². The van der Waals surface area contributed by atoms with Gasteiger partial charge in [-0.2, -0.15) is 0 Å². The number of carbonyl (C=O) groups excluding carboxylic acids is 2. The first kappa shape index (κ1) is 19.3. The highest BCUT2D eigenvalue weighted by atomic mass is 19.1. The molecule has 7 heteroatoms. The Labute approximate surface area is 164 Å². The van der Waals surface area contributed by atoms with Gasteiger partial charge >= 0.3 is 0 Å². The van der Waals surface area contributed by atoms with E-state index in [1.54, 1.807) is 6.07 Å². The van der Waals surface area contributed by atoms with Crippen molar-refractivity contribution >= 4 is 11.8 Å². The zero-order valence-electron chi connectivity index (χ0n) is 16.2. The average Bonchev–Trinajstić information content (AvgIpc) is 3.41. The van der Waals surface area contributed by atoms with Crippen molar-refractivity contribution in [2.24, 2.45) is 17.3 Å². The third-order valence-corrected chi connectivity index (χ3v) is 6.72. The SMILES string of the molecule is O=C(CCC1CCCC1)N1C[C@@H]2COC[C@]2(C(=O)NCc2ccncc2F)C1. The molecule has 4 rings (SSSR count). The van der Waals surface area contributed by atoms with E-state index in [1.165, 1.54) is 31.9 Å². The van der Waals surface area contributed by atoms with Crippen LogP contribution in [0.15, 0.2) is 18.5 Å². The van der Waals surface area contributed by atoms with Gasteiger partial charge in [-0.05, 0) is 18.4 Å². The molecule has 0 unspecified atom stereocenters. The Morgan fingerprint density at radius 1 is 1.36 bits per heavy atom. The summed E-state index contributed by atoms with van der Waals surface area (Å²) in [5.41, 5.74) is -0.315. The Morgan fingerprint density at radius 2 is 2.18 bits per heavy atom. The number of amides is 2. The Morgan fingerprint density at radius 3 is 2.96 bits per heavy atom. The molecule has 28 heavy (non-hydrogen) atoms. The van der Waals surface area contributed by atoms with Crippen molar-refractivity contribution in [2.75, 3.05) is 26.3 Å². The first-order chi connectivity index (χ1) is 13.6. The smallest absolute Gasteiger partial charge is 0.231 e. The van der Waals surface area contributed by atoms with Crippen LogP contribution in [0.4, 0.5) is 4.39 Å². The number of carbonyl (C=O) groups is 2. The number of aromatic nitrogens is 1. The summed E-state index contributed by atoms with van der Waals surface area (Å²) in [6.45, 7) is 1.88. The number of fused-ring (bicyclic) bond motifs is 1. The van der Waals surface area contributed by atoms with E-state index in [9.17, 15) is 14.0 Å². The molecule has 3 fully saturated rings. The number of hydrogen-bond acceptors (Lipinski definition) is 4. The van der Waals surface area contributed by atoms with E-state index in [0.29, 0.717) is 44.2 Å². The maximum absolute atomic E-state index is 13.8. The summed E-state index contributed by atoms with van der Waals surface area (Å²) in [6.07, 6.45) is 9.21. The van der Waals surface area contributed by atoms with Gasteiger partial charge in [-0.3, -0.25) is 14.6 Å². The summed E-state index contributed by atoms with van der Waals surface area (Å²) in [7, 11) is 0. The molecule has 1 saturated carbocycles. The molecule has 0 spiro atoms. The Kier molecular flexibility index (Phi) is 5.62. The normalized spacial score (nSPS) is 27.2. The number of pyridine rings is 1. The number of ether oxygens (including phenoxy) is 1. The molecule has 0 bridgehead atoms. The highest BCUT2D eigenvalue weighted by Gasteiger charge is 2.56. The first-order valence-electron chi connectivity index (χ1n) is 10.3. The maximum Gasteiger partial charge on any atom is 0.231 e. The van der Waals surface area contributed by atoms with Gasteiger partial charge in [0.15, 0.2) is 0 Å². The molecule has 0 aromatic carbocycles. The Bertz CT molecular complexity index is 737. The minimum absolute atomic E-state index is 0.00483. The summed E-state index contributed by atoms with van der Waals surface area (Å²) in [5.74, 6) is 0.243. The van der Waals surface area contributed by atoms with Crippen molar-refractivity contribution in [1.29, 1.82) is 0 Å². The lowest BCUT2D eigenvalue weighted by atomic mass is 9.80. The van der Waals surface area contributed by atoms with E-state index in [-0.39, 0.29) is 24.3 Å². The maximum atomic E-state index is 13.8. The van der Waals surface area contributed by atoms with Gasteiger partial charge < -0.3 is 15.0 Å². The van der Waals surface area contributed by atoms with Crippen molar-refractivity contribution in [3.05, 3.63) is 29.8 Å². The lowest BCUT2D eigenvalue weighted by Crippen LogP contribution is -2.46. The third kappa shape index (κ3) is 3.77. The molecule has 6 nitrogen and oxygen atoms in total. The molecular weight excluding hydrogens is 361 g/mol. The van der Waals surface area contributed by atoms with E-state index in [4.69, 9.17) is 4.74 Å². The standard InChI is InChI=1S/C21H28FN3O3/c22-18-10-23-8-7-16(18)9-24-20(27)21-13-25(11-17(21)12-28-14-21)19(26)6-5-15-3-1-2-4-15/h7-8,10,15,17H,1-6,9,11-14H2,(H,24,27)/t17-,21-/m1/s1. The van der Waals surface area contributed by atoms with Gasteiger partial charge in [0.05, 0.1) is 24.8 Å². The van der Waals surface area contributed by atoms with Crippen molar-refractivity contribution in [2.45, 2.75) is 45.1 Å². The van der Waals surface area contributed by atoms with Crippen LogP contribution in [0.25, 0.3) is 0 Å². The van der Waals surface area contributed by atoms with E-state index >= 15 is 0 Å². The van der Waals surface area contributed by atoms with E-state index in [2.05, 4.69) is 10.3 Å². The second-order valence-corrected chi connectivity index (χ2v) is 8.48. The molecule has 152 valence electrons. The number of nitrogens with one attached hydrogen (secondary N) is 1. The minimum atomic E-state index is -0.716. The third-order valence-electron chi connectivity index (χ3n) is 6.72. The number of rotatable bonds is 6. The lowest BCUT2D eigenvalue weighted by molar-refractivity contribution is -0.134. The summed E-state index contributed by atoms with van der Waals surface area (Å²) >= 11 is 0. The van der Waals surface area contributed by atoms with Crippen LogP contribution < -0.4 is 5.32 Å². The predicted octanol–water partition coefficient (Wildman–Crippen LogP) is 2.28. The number of likely N-dealkylation sites (tertiary alicyclic amines) is 1. The zero-order valence-corrected chi connectivity index (χ0v) is 16.2. The number of nitrogens with zero attached hydrogens (tertiary/aromatic N) is 2. The van der Waals surface area contributed by atoms with Gasteiger partial charge in [0.25, 0.3) is 0 Å². The van der Waals surface area contributed by atoms with E-state index < -0.39 is 11.2 Å². The Hall–Kier alpha value is -2.02. The highest BCUT2D eigenvalue weighted by molar-refractivity contribution is 5.86. The molecule has 1 aromatic heterocycles. The van der Waals surface area contributed by atoms with Gasteiger partial charge in [-0.15, -0.1) is 0 Å². The molecule has 2 amide bonds. The van der Waals surface area contributed by atoms with E-state index in [1.807, 2.05) is 4.90 Å². The van der Waals surface area contributed by atoms with Crippen LogP contribution in [0.2, 0.25) is 0 Å². The van der Waals surface area contributed by atoms with Crippen molar-refractivity contribution < 1.29 is 18.7 Å². The first-order valence-corrected chi connectivity index (χ1v) is 10.3. The molecular formula is C21H28FN3O3. The zero-order chi connectivity index (χ0) is 19.6. The fourth-order valence-electron chi connectivity index (χ4n) is 4.93. The van der Waals surface area contributed by atoms with Crippen LogP contribution in [0.5, 0.6) is 0 Å². The molecule has 1 aliphatic carbocycles. The van der Waals surface area contributed by atoms with Crippen molar-refractivity contribution in [3.8, 4) is 0 Å². The molecule has 1 N–H and O–H groups in total. The summed E-state index contributed by atoms with van der Waals surface area (Å²) < 4.78 is 19.4. The van der Waals surface area contributed by atoms with Crippen LogP contribution in [-0.4, -0.2) is 48.0 Å². The molecule has 3 aliphatic rings. The second kappa shape index (κ2) is 8.15. The van der Waals surface area contributed by atoms with Crippen LogP contribution in [0.3, 0.4) is 0 Å². The average molecular weight is 389 g/mol. The van der Waals surface area contributed by atoms with Gasteiger partial charge in [-0.1, -0.05) is 25.7 Å². The fraction of sp³-hybridized carbons (Fsp3) is 0.667. The topological polar surface area (TPSA) is 71.5 Å². The number of halogens is 1. The van der Waals surface area contributed by atoms with E-state index in [0.717, 1.165) is 12.6 Å². The monoisotopic (exact) mass is 389 g/mol. The van der Waals surface area contributed by atoms with Crippen LogP contribution >= 0.6 is 0 Å². The molecule has 2 atom stereocenters. The quantitative estimate of drug-likeness (QED) is 0.810. The van der Waals surface area contributed by atoms with Crippen LogP contribution in [0, 0.1) is 23.1 Å².